The zero-order valence-electron chi connectivity index (χ0n) is 15.8. The highest BCUT2D eigenvalue weighted by Gasteiger charge is 2.08. The van der Waals surface area contributed by atoms with Gasteiger partial charge in [0.1, 0.15) is 0 Å². The molecule has 6 nitrogen and oxygen atoms in total. The quantitative estimate of drug-likeness (QED) is 0.309. The Morgan fingerprint density at radius 1 is 0.926 bits per heavy atom. The van der Waals surface area contributed by atoms with Gasteiger partial charge in [-0.3, -0.25) is 9.71 Å². The molecule has 0 aromatic heterocycles. The maximum atomic E-state index is 11.5. The fraction of sp³-hybridized carbons (Fsp3) is 0.316. The van der Waals surface area contributed by atoms with Crippen molar-refractivity contribution in [1.29, 1.82) is 0 Å². The van der Waals surface area contributed by atoms with Crippen LogP contribution < -0.4 is 15.4 Å². The lowest BCUT2D eigenvalue weighted by atomic mass is 10.1. The number of nitrogens with one attached hydrogen (secondary N) is 3. The van der Waals surface area contributed by atoms with Gasteiger partial charge in [0.2, 0.25) is 10.0 Å². The van der Waals surface area contributed by atoms with Crippen LogP contribution in [-0.4, -0.2) is 27.7 Å². The first-order valence-electron chi connectivity index (χ1n) is 8.50. The summed E-state index contributed by atoms with van der Waals surface area (Å²) in [6.45, 7) is 3.26. The lowest BCUT2D eigenvalue weighted by Crippen LogP contribution is -2.36. The van der Waals surface area contributed by atoms with Crippen molar-refractivity contribution in [2.45, 2.75) is 26.4 Å². The number of sulfonamides is 1. The summed E-state index contributed by atoms with van der Waals surface area (Å²) < 4.78 is 25.5. The van der Waals surface area contributed by atoms with E-state index in [0.29, 0.717) is 24.7 Å². The summed E-state index contributed by atoms with van der Waals surface area (Å²) in [4.78, 5) is 4.23. The maximum absolute atomic E-state index is 11.5. The fourth-order valence-electron chi connectivity index (χ4n) is 2.63. The van der Waals surface area contributed by atoms with Crippen molar-refractivity contribution in [3.63, 3.8) is 0 Å². The monoisotopic (exact) mass is 502 g/mol. The first-order valence-corrected chi connectivity index (χ1v) is 10.4. The second-order valence-corrected chi connectivity index (χ2v) is 7.68. The lowest BCUT2D eigenvalue weighted by Gasteiger charge is -2.15. The van der Waals surface area contributed by atoms with E-state index in [1.807, 2.05) is 24.3 Å². The molecule has 148 valence electrons. The molecule has 0 atom stereocenters. The Morgan fingerprint density at radius 3 is 2.00 bits per heavy atom. The standard InChI is InChI=1S/C19H26N4O2S.HI/c1-4-15-9-5-6-10-16(15)13-21-19(20-2)22-14-17-11-7-8-12-18(17)23-26(3,24)25;/h5-12,23H,4,13-14H2,1-3H3,(H2,20,21,22);1H. The van der Waals surface area contributed by atoms with Crippen molar-refractivity contribution >= 4 is 45.6 Å². The van der Waals surface area contributed by atoms with Crippen LogP contribution in [0.15, 0.2) is 53.5 Å². The Bertz CT molecular complexity index is 870. The molecular weight excluding hydrogens is 475 g/mol. The first-order chi connectivity index (χ1) is 12.4. The van der Waals surface area contributed by atoms with Gasteiger partial charge in [-0.2, -0.15) is 0 Å². The molecule has 2 aromatic rings. The topological polar surface area (TPSA) is 82.6 Å². The second kappa shape index (κ2) is 11.1. The molecule has 0 aliphatic carbocycles. The van der Waals surface area contributed by atoms with Gasteiger partial charge in [0, 0.05) is 20.1 Å². The molecule has 0 saturated carbocycles. The molecule has 0 fully saturated rings. The summed E-state index contributed by atoms with van der Waals surface area (Å²) in [6.07, 6.45) is 2.12. The molecule has 0 unspecified atom stereocenters. The van der Waals surface area contributed by atoms with Gasteiger partial charge in [-0.1, -0.05) is 49.4 Å². The normalized spacial score (nSPS) is 11.4. The summed E-state index contributed by atoms with van der Waals surface area (Å²) in [7, 11) is -1.61. The van der Waals surface area contributed by atoms with Crippen molar-refractivity contribution in [2.24, 2.45) is 4.99 Å². The van der Waals surface area contributed by atoms with E-state index in [9.17, 15) is 8.42 Å². The third kappa shape index (κ3) is 7.76. The lowest BCUT2D eigenvalue weighted by molar-refractivity contribution is 0.606. The molecule has 27 heavy (non-hydrogen) atoms. The van der Waals surface area contributed by atoms with E-state index < -0.39 is 10.0 Å². The van der Waals surface area contributed by atoms with Crippen LogP contribution in [0.5, 0.6) is 0 Å². The van der Waals surface area contributed by atoms with Gasteiger partial charge in [0.15, 0.2) is 5.96 Å². The van der Waals surface area contributed by atoms with E-state index in [1.165, 1.54) is 11.1 Å². The Balaban J connectivity index is 0.00000364. The number of aryl methyl sites for hydroxylation is 1. The van der Waals surface area contributed by atoms with Gasteiger partial charge in [-0.25, -0.2) is 8.42 Å². The zero-order valence-corrected chi connectivity index (χ0v) is 19.0. The minimum atomic E-state index is -3.32. The van der Waals surface area contributed by atoms with Crippen LogP contribution in [0.3, 0.4) is 0 Å². The minimum absolute atomic E-state index is 0. The predicted octanol–water partition coefficient (Wildman–Crippen LogP) is 3.10. The van der Waals surface area contributed by atoms with Crippen LogP contribution in [0.1, 0.15) is 23.6 Å². The van der Waals surface area contributed by atoms with Gasteiger partial charge in [-0.15, -0.1) is 24.0 Å². The number of guanidine groups is 1. The Hall–Kier alpha value is -1.81. The molecule has 0 aliphatic heterocycles. The zero-order chi connectivity index (χ0) is 19.0. The molecule has 3 N–H and O–H groups in total. The molecular formula is C19H27IN4O2S. The fourth-order valence-corrected chi connectivity index (χ4v) is 3.23. The van der Waals surface area contributed by atoms with Crippen molar-refractivity contribution < 1.29 is 8.42 Å². The van der Waals surface area contributed by atoms with E-state index in [4.69, 9.17) is 0 Å². The molecule has 2 rings (SSSR count). The van der Waals surface area contributed by atoms with Crippen LogP contribution >= 0.6 is 24.0 Å². The van der Waals surface area contributed by atoms with Crippen molar-refractivity contribution in [3.8, 4) is 0 Å². The van der Waals surface area contributed by atoms with E-state index in [-0.39, 0.29) is 24.0 Å². The second-order valence-electron chi connectivity index (χ2n) is 5.93. The van der Waals surface area contributed by atoms with Crippen molar-refractivity contribution in [3.05, 3.63) is 65.2 Å². The Morgan fingerprint density at radius 2 is 1.44 bits per heavy atom. The summed E-state index contributed by atoms with van der Waals surface area (Å²) in [5.41, 5.74) is 3.94. The van der Waals surface area contributed by atoms with E-state index in [2.05, 4.69) is 39.4 Å². The third-order valence-electron chi connectivity index (χ3n) is 3.93. The van der Waals surface area contributed by atoms with E-state index >= 15 is 0 Å². The highest BCUT2D eigenvalue weighted by Crippen LogP contribution is 2.16. The summed E-state index contributed by atoms with van der Waals surface area (Å²) in [6, 6.07) is 15.6. The van der Waals surface area contributed by atoms with Crippen LogP contribution in [0.2, 0.25) is 0 Å². The number of anilines is 1. The smallest absolute Gasteiger partial charge is 0.229 e. The average Bonchev–Trinajstić information content (AvgIpc) is 2.62. The Kier molecular flexibility index (Phi) is 9.57. The number of hydrogen-bond donors (Lipinski definition) is 3. The maximum Gasteiger partial charge on any atom is 0.229 e. The molecule has 0 bridgehead atoms. The molecule has 0 heterocycles. The molecule has 0 radical (unpaired) electrons. The van der Waals surface area contributed by atoms with Gasteiger partial charge >= 0.3 is 0 Å². The first kappa shape index (κ1) is 23.2. The summed E-state index contributed by atoms with van der Waals surface area (Å²) in [5.74, 6) is 0.657. The largest absolute Gasteiger partial charge is 0.352 e. The van der Waals surface area contributed by atoms with E-state index in [1.54, 1.807) is 19.2 Å². The van der Waals surface area contributed by atoms with Crippen molar-refractivity contribution in [1.82, 2.24) is 10.6 Å². The van der Waals surface area contributed by atoms with Gasteiger partial charge in [0.05, 0.1) is 11.9 Å². The minimum Gasteiger partial charge on any atom is -0.352 e. The van der Waals surface area contributed by atoms with Gasteiger partial charge < -0.3 is 10.6 Å². The third-order valence-corrected chi connectivity index (χ3v) is 4.52. The van der Waals surface area contributed by atoms with Gasteiger partial charge in [-0.05, 0) is 29.2 Å². The van der Waals surface area contributed by atoms with Crippen LogP contribution in [0.25, 0.3) is 0 Å². The highest BCUT2D eigenvalue weighted by atomic mass is 127. The Labute approximate surface area is 178 Å². The number of hydrogen-bond acceptors (Lipinski definition) is 3. The average molecular weight is 502 g/mol. The summed E-state index contributed by atoms with van der Waals surface area (Å²) in [5, 5.41) is 6.52. The predicted molar refractivity (Wildman–Crippen MR) is 123 cm³/mol. The number of aliphatic imine (C=N–C) groups is 1. The van der Waals surface area contributed by atoms with Crippen molar-refractivity contribution in [2.75, 3.05) is 18.0 Å². The molecule has 0 aliphatic rings. The number of halogens is 1. The molecule has 0 saturated heterocycles. The van der Waals surface area contributed by atoms with Crippen LogP contribution in [-0.2, 0) is 29.5 Å². The molecule has 0 amide bonds. The summed E-state index contributed by atoms with van der Waals surface area (Å²) >= 11 is 0. The highest BCUT2D eigenvalue weighted by molar-refractivity contribution is 14.0. The van der Waals surface area contributed by atoms with Crippen LogP contribution in [0, 0.1) is 0 Å². The van der Waals surface area contributed by atoms with Crippen LogP contribution in [0.4, 0.5) is 5.69 Å². The number of rotatable bonds is 7. The molecule has 0 spiro atoms. The number of benzene rings is 2. The number of nitrogens with zero attached hydrogens (tertiary/aromatic N) is 1. The SMILES string of the molecule is CCc1ccccc1CNC(=NC)NCc1ccccc1NS(C)(=O)=O.I. The molecule has 8 heteroatoms. The molecule has 2 aromatic carbocycles. The van der Waals surface area contributed by atoms with Gasteiger partial charge in [0.25, 0.3) is 0 Å². The number of para-hydroxylation sites is 1. The van der Waals surface area contributed by atoms with E-state index in [0.717, 1.165) is 18.2 Å².